The summed E-state index contributed by atoms with van der Waals surface area (Å²) in [5, 5.41) is 12.6. The summed E-state index contributed by atoms with van der Waals surface area (Å²) in [6, 6.07) is 20.6. The van der Waals surface area contributed by atoms with Crippen molar-refractivity contribution in [1.82, 2.24) is 14.8 Å². The maximum absolute atomic E-state index is 13.8. The normalized spacial score (nSPS) is 11.1. The third-order valence-electron chi connectivity index (χ3n) is 7.02. The maximum Gasteiger partial charge on any atom is 0.273 e. The monoisotopic (exact) mass is 540 g/mol. The molecule has 0 saturated carbocycles. The zero-order valence-electron chi connectivity index (χ0n) is 23.5. The first-order valence-electron chi connectivity index (χ1n) is 13.5. The number of amides is 2. The molecule has 4 aromatic rings. The van der Waals surface area contributed by atoms with Crippen LogP contribution in [0.15, 0.2) is 72.9 Å². The number of para-hydroxylation sites is 1. The van der Waals surface area contributed by atoms with E-state index in [9.17, 15) is 19.7 Å². The second kappa shape index (κ2) is 12.6. The number of aromatic amines is 1. The molecular formula is C32H36N4O4. The number of hydrogen-bond acceptors (Lipinski definition) is 4. The van der Waals surface area contributed by atoms with Crippen LogP contribution in [0.3, 0.4) is 0 Å². The lowest BCUT2D eigenvalue weighted by Crippen LogP contribution is -2.44. The van der Waals surface area contributed by atoms with Crippen LogP contribution in [-0.4, -0.2) is 51.2 Å². The molecule has 0 bridgehead atoms. The van der Waals surface area contributed by atoms with Gasteiger partial charge in [0.1, 0.15) is 6.54 Å². The third-order valence-corrected chi connectivity index (χ3v) is 7.02. The van der Waals surface area contributed by atoms with E-state index < -0.39 is 10.8 Å². The van der Waals surface area contributed by atoms with Gasteiger partial charge in [0.25, 0.3) is 11.6 Å². The highest BCUT2D eigenvalue weighted by atomic mass is 16.6. The average Bonchev–Trinajstić information content (AvgIpc) is 3.34. The van der Waals surface area contributed by atoms with E-state index >= 15 is 0 Å². The minimum atomic E-state index is -0.488. The van der Waals surface area contributed by atoms with Gasteiger partial charge in [-0.2, -0.15) is 0 Å². The molecule has 0 unspecified atom stereocenters. The van der Waals surface area contributed by atoms with Gasteiger partial charge >= 0.3 is 0 Å². The minimum Gasteiger partial charge on any atom is -0.361 e. The SMILES string of the molecule is Cc1ccc(CN(CCc2c[nH]c3ccccc23)C(=O)CN(CC(C)C)C(=O)c2ccc(C)c([N+](=O)[O-])c2)cc1. The van der Waals surface area contributed by atoms with Crippen molar-refractivity contribution in [1.29, 1.82) is 0 Å². The Morgan fingerprint density at radius 3 is 2.40 bits per heavy atom. The van der Waals surface area contributed by atoms with Gasteiger partial charge < -0.3 is 14.8 Å². The number of nitro groups is 1. The van der Waals surface area contributed by atoms with Crippen molar-refractivity contribution in [2.45, 2.75) is 40.7 Å². The van der Waals surface area contributed by atoms with E-state index in [2.05, 4.69) is 11.1 Å². The molecular weight excluding hydrogens is 504 g/mol. The largest absolute Gasteiger partial charge is 0.361 e. The standard InChI is InChI=1S/C32H36N4O4/c1-22(2)19-35(32(38)26-14-11-24(4)30(17-26)36(39)40)21-31(37)34(20-25-12-9-23(3)10-13-25)16-15-27-18-33-29-8-6-5-7-28(27)29/h5-14,17-18,22,33H,15-16,19-21H2,1-4H3. The fourth-order valence-electron chi connectivity index (χ4n) is 4.84. The van der Waals surface area contributed by atoms with Crippen LogP contribution in [0.2, 0.25) is 0 Å². The third kappa shape index (κ3) is 6.94. The number of benzene rings is 3. The molecule has 0 fully saturated rings. The molecule has 40 heavy (non-hydrogen) atoms. The number of carbonyl (C=O) groups excluding carboxylic acids is 2. The molecule has 1 heterocycles. The number of rotatable bonds is 11. The molecule has 1 aromatic heterocycles. The first-order chi connectivity index (χ1) is 19.1. The molecule has 4 rings (SSSR count). The van der Waals surface area contributed by atoms with Gasteiger partial charge in [0.05, 0.1) is 4.92 Å². The molecule has 0 aliphatic heterocycles. The van der Waals surface area contributed by atoms with Crippen molar-refractivity contribution in [2.75, 3.05) is 19.6 Å². The number of nitrogens with zero attached hydrogens (tertiary/aromatic N) is 3. The summed E-state index contributed by atoms with van der Waals surface area (Å²) in [4.78, 5) is 44.9. The van der Waals surface area contributed by atoms with Crippen LogP contribution >= 0.6 is 0 Å². The summed E-state index contributed by atoms with van der Waals surface area (Å²) in [6.07, 6.45) is 2.64. The lowest BCUT2D eigenvalue weighted by Gasteiger charge is -2.29. The van der Waals surface area contributed by atoms with Gasteiger partial charge in [-0.1, -0.05) is 67.9 Å². The van der Waals surface area contributed by atoms with E-state index in [1.54, 1.807) is 24.0 Å². The number of hydrogen-bond donors (Lipinski definition) is 1. The van der Waals surface area contributed by atoms with Crippen LogP contribution in [0.5, 0.6) is 0 Å². The fourth-order valence-corrected chi connectivity index (χ4v) is 4.84. The van der Waals surface area contributed by atoms with E-state index in [0.717, 1.165) is 27.6 Å². The Bertz CT molecular complexity index is 1510. The molecule has 0 aliphatic rings. The smallest absolute Gasteiger partial charge is 0.273 e. The highest BCUT2D eigenvalue weighted by Crippen LogP contribution is 2.22. The Labute approximate surface area is 234 Å². The van der Waals surface area contributed by atoms with E-state index in [0.29, 0.717) is 31.6 Å². The Morgan fingerprint density at radius 2 is 1.70 bits per heavy atom. The van der Waals surface area contributed by atoms with Crippen molar-refractivity contribution in [3.05, 3.63) is 111 Å². The Morgan fingerprint density at radius 1 is 0.975 bits per heavy atom. The van der Waals surface area contributed by atoms with E-state index in [-0.39, 0.29) is 29.6 Å². The Balaban J connectivity index is 1.58. The summed E-state index contributed by atoms with van der Waals surface area (Å²) in [6.45, 7) is 8.75. The van der Waals surface area contributed by atoms with Gasteiger partial charge in [-0.15, -0.1) is 0 Å². The van der Waals surface area contributed by atoms with Crippen LogP contribution in [-0.2, 0) is 17.8 Å². The molecule has 8 heteroatoms. The second-order valence-corrected chi connectivity index (χ2v) is 10.7. The first kappa shape index (κ1) is 28.5. The number of H-pyrrole nitrogens is 1. The number of fused-ring (bicyclic) bond motifs is 1. The van der Waals surface area contributed by atoms with Gasteiger partial charge in [0.15, 0.2) is 0 Å². The van der Waals surface area contributed by atoms with Gasteiger partial charge in [-0.3, -0.25) is 19.7 Å². The number of nitrogens with one attached hydrogen (secondary N) is 1. The molecule has 0 spiro atoms. The van der Waals surface area contributed by atoms with Crippen LogP contribution in [0, 0.1) is 29.9 Å². The van der Waals surface area contributed by atoms with Crippen LogP contribution in [0.1, 0.15) is 46.5 Å². The van der Waals surface area contributed by atoms with E-state index in [4.69, 9.17) is 0 Å². The van der Waals surface area contributed by atoms with Gasteiger partial charge in [-0.25, -0.2) is 0 Å². The number of aromatic nitrogens is 1. The summed E-state index contributed by atoms with van der Waals surface area (Å²) in [5.41, 5.74) is 4.90. The van der Waals surface area contributed by atoms with E-state index in [1.165, 1.54) is 11.0 Å². The predicted molar refractivity (Wildman–Crippen MR) is 157 cm³/mol. The molecule has 2 amide bonds. The maximum atomic E-state index is 13.8. The highest BCUT2D eigenvalue weighted by molar-refractivity contribution is 5.97. The highest BCUT2D eigenvalue weighted by Gasteiger charge is 2.25. The Kier molecular flexibility index (Phi) is 8.99. The van der Waals surface area contributed by atoms with Crippen LogP contribution in [0.4, 0.5) is 5.69 Å². The first-order valence-corrected chi connectivity index (χ1v) is 13.5. The van der Waals surface area contributed by atoms with Crippen LogP contribution in [0.25, 0.3) is 10.9 Å². The lowest BCUT2D eigenvalue weighted by atomic mass is 10.1. The van der Waals surface area contributed by atoms with Gasteiger partial charge in [0.2, 0.25) is 5.91 Å². The van der Waals surface area contributed by atoms with Crippen LogP contribution < -0.4 is 0 Å². The molecule has 0 atom stereocenters. The van der Waals surface area contributed by atoms with Crippen molar-refractivity contribution < 1.29 is 14.5 Å². The number of nitro benzene ring substituents is 1. The molecule has 3 aromatic carbocycles. The zero-order chi connectivity index (χ0) is 28.8. The number of carbonyl (C=O) groups is 2. The Hall–Kier alpha value is -4.46. The van der Waals surface area contributed by atoms with Gasteiger partial charge in [-0.05, 0) is 49.4 Å². The number of aryl methyl sites for hydroxylation is 2. The topological polar surface area (TPSA) is 99.6 Å². The van der Waals surface area contributed by atoms with Gasteiger partial charge in [0, 0.05) is 53.9 Å². The second-order valence-electron chi connectivity index (χ2n) is 10.7. The summed E-state index contributed by atoms with van der Waals surface area (Å²) in [7, 11) is 0. The molecule has 1 N–H and O–H groups in total. The van der Waals surface area contributed by atoms with E-state index in [1.807, 2.05) is 69.4 Å². The molecule has 8 nitrogen and oxygen atoms in total. The molecule has 0 aliphatic carbocycles. The van der Waals surface area contributed by atoms with Crippen molar-refractivity contribution in [3.63, 3.8) is 0 Å². The zero-order valence-corrected chi connectivity index (χ0v) is 23.5. The minimum absolute atomic E-state index is 0.106. The van der Waals surface area contributed by atoms with Crippen molar-refractivity contribution in [2.24, 2.45) is 5.92 Å². The quantitative estimate of drug-likeness (QED) is 0.185. The van der Waals surface area contributed by atoms with Crippen molar-refractivity contribution in [3.8, 4) is 0 Å². The molecule has 208 valence electrons. The summed E-state index contributed by atoms with van der Waals surface area (Å²) >= 11 is 0. The lowest BCUT2D eigenvalue weighted by molar-refractivity contribution is -0.385. The molecule has 0 radical (unpaired) electrons. The summed E-state index contributed by atoms with van der Waals surface area (Å²) < 4.78 is 0. The fraction of sp³-hybridized carbons (Fsp3) is 0.312. The molecule has 0 saturated heterocycles. The predicted octanol–water partition coefficient (Wildman–Crippen LogP) is 6.06. The average molecular weight is 541 g/mol. The summed E-state index contributed by atoms with van der Waals surface area (Å²) in [5.74, 6) is -0.456. The van der Waals surface area contributed by atoms with Crippen molar-refractivity contribution >= 4 is 28.4 Å².